The molecule has 1 atom stereocenters. The van der Waals surface area contributed by atoms with Crippen LogP contribution in [-0.4, -0.2) is 48.3 Å². The monoisotopic (exact) mass is 268 g/mol. The molecule has 18 heavy (non-hydrogen) atoms. The molecule has 100 valence electrons. The van der Waals surface area contributed by atoms with E-state index in [0.717, 1.165) is 23.8 Å². The van der Waals surface area contributed by atoms with E-state index in [1.165, 1.54) is 0 Å². The van der Waals surface area contributed by atoms with Gasteiger partial charge in [-0.3, -0.25) is 4.90 Å². The molecule has 0 amide bonds. The van der Waals surface area contributed by atoms with E-state index >= 15 is 0 Å². The van der Waals surface area contributed by atoms with Crippen molar-refractivity contribution in [3.8, 4) is 0 Å². The van der Waals surface area contributed by atoms with E-state index in [1.807, 2.05) is 24.3 Å². The summed E-state index contributed by atoms with van der Waals surface area (Å²) in [6.07, 6.45) is 0. The first kappa shape index (κ1) is 13.7. The average Bonchev–Trinajstić information content (AvgIpc) is 2.33. The molecule has 1 aromatic carbocycles. The van der Waals surface area contributed by atoms with Gasteiger partial charge >= 0.3 is 0 Å². The molecule has 1 aliphatic heterocycles. The highest BCUT2D eigenvalue weighted by atomic mass is 35.5. The van der Waals surface area contributed by atoms with E-state index in [4.69, 9.17) is 11.6 Å². The number of aliphatic hydroxyl groups is 1. The van der Waals surface area contributed by atoms with Crippen LogP contribution in [-0.2, 0) is 0 Å². The maximum Gasteiger partial charge on any atom is 0.0639 e. The molecular formula is C14H21ClN2O. The van der Waals surface area contributed by atoms with Gasteiger partial charge in [-0.05, 0) is 33.0 Å². The van der Waals surface area contributed by atoms with Crippen molar-refractivity contribution in [3.63, 3.8) is 0 Å². The molecule has 0 spiro atoms. The molecule has 4 heteroatoms. The standard InChI is InChI=1S/C14H21ClN2O/c1-14(2)10-17(8-11(9-18)16(14)3)13-7-5-4-6-12(13)15/h4-7,11,18H,8-10H2,1-3H3. The summed E-state index contributed by atoms with van der Waals surface area (Å²) in [5.41, 5.74) is 1.07. The van der Waals surface area contributed by atoms with Crippen LogP contribution in [0, 0.1) is 0 Å². The third-order valence-electron chi connectivity index (χ3n) is 3.92. The van der Waals surface area contributed by atoms with Gasteiger partial charge in [-0.15, -0.1) is 0 Å². The van der Waals surface area contributed by atoms with Crippen LogP contribution >= 0.6 is 11.6 Å². The summed E-state index contributed by atoms with van der Waals surface area (Å²) in [5.74, 6) is 0. The largest absolute Gasteiger partial charge is 0.395 e. The van der Waals surface area contributed by atoms with Crippen molar-refractivity contribution in [2.75, 3.05) is 31.6 Å². The Morgan fingerprint density at radius 1 is 1.39 bits per heavy atom. The molecule has 0 bridgehead atoms. The Bertz CT molecular complexity index is 422. The van der Waals surface area contributed by atoms with Crippen molar-refractivity contribution < 1.29 is 5.11 Å². The Kier molecular flexibility index (Phi) is 3.85. The number of anilines is 1. The summed E-state index contributed by atoms with van der Waals surface area (Å²) in [5, 5.41) is 10.3. The van der Waals surface area contributed by atoms with Crippen molar-refractivity contribution in [2.45, 2.75) is 25.4 Å². The molecule has 1 saturated heterocycles. The maximum absolute atomic E-state index is 9.53. The number of benzene rings is 1. The van der Waals surface area contributed by atoms with Crippen molar-refractivity contribution in [1.82, 2.24) is 4.90 Å². The molecular weight excluding hydrogens is 248 g/mol. The van der Waals surface area contributed by atoms with E-state index < -0.39 is 0 Å². The first-order chi connectivity index (χ1) is 8.45. The molecule has 0 saturated carbocycles. The van der Waals surface area contributed by atoms with Gasteiger partial charge in [0, 0.05) is 18.6 Å². The van der Waals surface area contributed by atoms with Crippen molar-refractivity contribution in [3.05, 3.63) is 29.3 Å². The van der Waals surface area contributed by atoms with E-state index in [-0.39, 0.29) is 18.2 Å². The van der Waals surface area contributed by atoms with Gasteiger partial charge < -0.3 is 10.0 Å². The van der Waals surface area contributed by atoms with E-state index in [9.17, 15) is 5.11 Å². The zero-order valence-electron chi connectivity index (χ0n) is 11.2. The van der Waals surface area contributed by atoms with Crippen LogP contribution in [0.1, 0.15) is 13.8 Å². The number of nitrogens with zero attached hydrogens (tertiary/aromatic N) is 2. The molecule has 3 nitrogen and oxygen atoms in total. The second-order valence-electron chi connectivity index (χ2n) is 5.59. The smallest absolute Gasteiger partial charge is 0.0639 e. The van der Waals surface area contributed by atoms with E-state index in [2.05, 4.69) is 30.7 Å². The Labute approximate surface area is 114 Å². The van der Waals surface area contributed by atoms with E-state index in [0.29, 0.717) is 0 Å². The van der Waals surface area contributed by atoms with Crippen LogP contribution in [0.5, 0.6) is 0 Å². The number of likely N-dealkylation sites (N-methyl/N-ethyl adjacent to an activating group) is 1. The fourth-order valence-corrected chi connectivity index (χ4v) is 2.84. The van der Waals surface area contributed by atoms with Crippen molar-refractivity contribution in [1.29, 1.82) is 0 Å². The zero-order valence-corrected chi connectivity index (χ0v) is 12.0. The lowest BCUT2D eigenvalue weighted by Crippen LogP contribution is -2.63. The minimum atomic E-state index is 0.0187. The summed E-state index contributed by atoms with van der Waals surface area (Å²) in [7, 11) is 2.07. The van der Waals surface area contributed by atoms with E-state index in [1.54, 1.807) is 0 Å². The molecule has 0 radical (unpaired) electrons. The lowest BCUT2D eigenvalue weighted by atomic mass is 9.95. The quantitative estimate of drug-likeness (QED) is 0.891. The lowest BCUT2D eigenvalue weighted by Gasteiger charge is -2.50. The van der Waals surface area contributed by atoms with Crippen LogP contribution in [0.25, 0.3) is 0 Å². The van der Waals surface area contributed by atoms with Gasteiger partial charge in [0.1, 0.15) is 0 Å². The van der Waals surface area contributed by atoms with Crippen LogP contribution in [0.15, 0.2) is 24.3 Å². The summed E-state index contributed by atoms with van der Waals surface area (Å²) >= 11 is 6.26. The van der Waals surface area contributed by atoms with Gasteiger partial charge in [-0.1, -0.05) is 23.7 Å². The number of hydrogen-bond acceptors (Lipinski definition) is 3. The van der Waals surface area contributed by atoms with Crippen molar-refractivity contribution in [2.24, 2.45) is 0 Å². The molecule has 1 fully saturated rings. The third-order valence-corrected chi connectivity index (χ3v) is 4.23. The minimum absolute atomic E-state index is 0.0187. The topological polar surface area (TPSA) is 26.7 Å². The summed E-state index contributed by atoms with van der Waals surface area (Å²) in [6, 6.07) is 8.04. The predicted molar refractivity (Wildman–Crippen MR) is 76.4 cm³/mol. The number of hydrogen-bond donors (Lipinski definition) is 1. The molecule has 1 aromatic rings. The number of halogens is 1. The van der Waals surface area contributed by atoms with Gasteiger partial charge in [-0.2, -0.15) is 0 Å². The normalized spacial score (nSPS) is 24.3. The highest BCUT2D eigenvalue weighted by molar-refractivity contribution is 6.33. The minimum Gasteiger partial charge on any atom is -0.395 e. The molecule has 0 aromatic heterocycles. The number of aliphatic hydroxyl groups excluding tert-OH is 1. The SMILES string of the molecule is CN1C(CO)CN(c2ccccc2Cl)CC1(C)C. The van der Waals surface area contributed by atoms with Gasteiger partial charge in [-0.25, -0.2) is 0 Å². The van der Waals surface area contributed by atoms with Crippen molar-refractivity contribution >= 4 is 17.3 Å². The Balaban J connectivity index is 2.28. The van der Waals surface area contributed by atoms with Gasteiger partial charge in [0.25, 0.3) is 0 Å². The van der Waals surface area contributed by atoms with Crippen LogP contribution < -0.4 is 4.90 Å². The molecule has 2 rings (SSSR count). The average molecular weight is 269 g/mol. The van der Waals surface area contributed by atoms with Crippen LogP contribution in [0.3, 0.4) is 0 Å². The molecule has 0 aliphatic carbocycles. The first-order valence-corrected chi connectivity index (χ1v) is 6.67. The second-order valence-corrected chi connectivity index (χ2v) is 6.00. The third kappa shape index (κ3) is 2.48. The summed E-state index contributed by atoms with van der Waals surface area (Å²) in [4.78, 5) is 4.52. The number of piperazine rings is 1. The Morgan fingerprint density at radius 3 is 2.67 bits per heavy atom. The van der Waals surface area contributed by atoms with Crippen LogP contribution in [0.4, 0.5) is 5.69 Å². The van der Waals surface area contributed by atoms with Gasteiger partial charge in [0.15, 0.2) is 0 Å². The first-order valence-electron chi connectivity index (χ1n) is 6.29. The molecule has 1 unspecified atom stereocenters. The maximum atomic E-state index is 9.53. The fraction of sp³-hybridized carbons (Fsp3) is 0.571. The Morgan fingerprint density at radius 2 is 2.06 bits per heavy atom. The molecule has 1 aliphatic rings. The fourth-order valence-electron chi connectivity index (χ4n) is 2.59. The second kappa shape index (κ2) is 5.08. The zero-order chi connectivity index (χ0) is 13.3. The summed E-state index contributed by atoms with van der Waals surface area (Å²) < 4.78 is 0. The predicted octanol–water partition coefficient (Wildman–Crippen LogP) is 2.23. The highest BCUT2D eigenvalue weighted by Gasteiger charge is 2.37. The molecule has 1 N–H and O–H groups in total. The summed E-state index contributed by atoms with van der Waals surface area (Å²) in [6.45, 7) is 6.27. The number of rotatable bonds is 2. The lowest BCUT2D eigenvalue weighted by molar-refractivity contribution is 0.0455. The Hall–Kier alpha value is -0.770. The van der Waals surface area contributed by atoms with Gasteiger partial charge in [0.2, 0.25) is 0 Å². The highest BCUT2D eigenvalue weighted by Crippen LogP contribution is 2.31. The number of para-hydroxylation sites is 1. The molecule has 1 heterocycles. The van der Waals surface area contributed by atoms with Crippen LogP contribution in [0.2, 0.25) is 5.02 Å². The van der Waals surface area contributed by atoms with Gasteiger partial charge in [0.05, 0.1) is 23.4 Å².